The van der Waals surface area contributed by atoms with Gasteiger partial charge in [-0.25, -0.2) is 15.0 Å². The Bertz CT molecular complexity index is 691. The molecular weight excluding hydrogens is 313 g/mol. The molecule has 0 radical (unpaired) electrons. The van der Waals surface area contributed by atoms with E-state index in [-0.39, 0.29) is 18.8 Å². The number of hydrogen-bond acceptors (Lipinski definition) is 7. The molecule has 0 fully saturated rings. The lowest BCUT2D eigenvalue weighted by Gasteiger charge is -2.11. The van der Waals surface area contributed by atoms with Crippen molar-refractivity contribution in [3.05, 3.63) is 12.7 Å². The third-order valence-electron chi connectivity index (χ3n) is 2.67. The summed E-state index contributed by atoms with van der Waals surface area (Å²) < 4.78 is 21.8. The Hall–Kier alpha value is -2.00. The number of nitrogens with zero attached hydrogens (tertiary/aromatic N) is 4. The van der Waals surface area contributed by atoms with Gasteiger partial charge in [-0.3, -0.25) is 4.79 Å². The van der Waals surface area contributed by atoms with E-state index in [4.69, 9.17) is 9.63 Å². The van der Waals surface area contributed by atoms with Crippen molar-refractivity contribution >= 4 is 31.1 Å². The second-order valence-electron chi connectivity index (χ2n) is 4.43. The van der Waals surface area contributed by atoms with Gasteiger partial charge in [0.25, 0.3) is 0 Å². The fourth-order valence-electron chi connectivity index (χ4n) is 1.79. The average Bonchev–Trinajstić information content (AvgIpc) is 2.82. The summed E-state index contributed by atoms with van der Waals surface area (Å²) in [5.74, 6) is 0.0898. The predicted molar refractivity (Wildman–Crippen MR) is 76.0 cm³/mol. The molecule has 0 saturated carbocycles. The number of rotatable bonds is 7. The van der Waals surface area contributed by atoms with Crippen molar-refractivity contribution in [3.8, 4) is 0 Å². The van der Waals surface area contributed by atoms with Gasteiger partial charge in [0, 0.05) is 11.5 Å². The molecule has 0 aromatic carbocycles. The average molecular weight is 328 g/mol. The highest BCUT2D eigenvalue weighted by Crippen LogP contribution is 2.18. The summed E-state index contributed by atoms with van der Waals surface area (Å²) in [6.45, 7) is 3.27. The van der Waals surface area contributed by atoms with E-state index in [1.165, 1.54) is 13.3 Å². The standard InChI is InChI=1S/C11H14N5O5P/c1-7(20-6-21-22(18)19)3-16-5-14-9-10(15-8(2)17)12-4-13-11(9)16/h4-5,7H,3,6H2,1-2H3,(H-,12,13,15,17,18,19)/p+1. The van der Waals surface area contributed by atoms with Crippen LogP contribution in [-0.4, -0.2) is 43.2 Å². The molecule has 22 heavy (non-hydrogen) atoms. The summed E-state index contributed by atoms with van der Waals surface area (Å²) in [5, 5.41) is 2.58. The first-order valence-electron chi connectivity index (χ1n) is 6.31. The maximum absolute atomic E-state index is 11.1. The van der Waals surface area contributed by atoms with Crippen LogP contribution in [0.15, 0.2) is 12.7 Å². The fourth-order valence-corrected chi connectivity index (χ4v) is 1.94. The van der Waals surface area contributed by atoms with Crippen LogP contribution in [0, 0.1) is 0 Å². The lowest BCUT2D eigenvalue weighted by atomic mass is 10.4. The van der Waals surface area contributed by atoms with E-state index in [9.17, 15) is 9.36 Å². The van der Waals surface area contributed by atoms with Crippen molar-refractivity contribution in [3.63, 3.8) is 0 Å². The quantitative estimate of drug-likeness (QED) is 0.564. The Morgan fingerprint density at radius 3 is 2.95 bits per heavy atom. The smallest absolute Gasteiger partial charge is 0.346 e. The minimum absolute atomic E-state index is 0.249. The summed E-state index contributed by atoms with van der Waals surface area (Å²) in [4.78, 5) is 31.9. The summed E-state index contributed by atoms with van der Waals surface area (Å²) in [6.07, 6.45) is 2.58. The lowest BCUT2D eigenvalue weighted by Crippen LogP contribution is -2.17. The highest BCUT2D eigenvalue weighted by molar-refractivity contribution is 7.32. The van der Waals surface area contributed by atoms with Crippen LogP contribution in [0.5, 0.6) is 0 Å². The van der Waals surface area contributed by atoms with E-state index in [0.717, 1.165) is 0 Å². The second-order valence-corrected chi connectivity index (χ2v) is 5.17. The van der Waals surface area contributed by atoms with Gasteiger partial charge >= 0.3 is 8.25 Å². The summed E-state index contributed by atoms with van der Waals surface area (Å²) >= 11 is 0. The number of anilines is 1. The molecule has 1 amide bonds. The van der Waals surface area contributed by atoms with Crippen LogP contribution in [0.3, 0.4) is 0 Å². The van der Waals surface area contributed by atoms with Gasteiger partial charge < -0.3 is 14.6 Å². The predicted octanol–water partition coefficient (Wildman–Crippen LogP) is 0.814. The van der Waals surface area contributed by atoms with Crippen LogP contribution in [0.4, 0.5) is 5.82 Å². The van der Waals surface area contributed by atoms with Gasteiger partial charge in [0.15, 0.2) is 17.0 Å². The molecule has 11 heteroatoms. The van der Waals surface area contributed by atoms with Crippen LogP contribution in [0.1, 0.15) is 13.8 Å². The molecule has 10 nitrogen and oxygen atoms in total. The summed E-state index contributed by atoms with van der Waals surface area (Å²) in [6, 6.07) is 0. The van der Waals surface area contributed by atoms with Crippen molar-refractivity contribution in [2.75, 3.05) is 12.1 Å². The molecule has 0 bridgehead atoms. The maximum atomic E-state index is 11.1. The third-order valence-corrected chi connectivity index (χ3v) is 2.99. The lowest BCUT2D eigenvalue weighted by molar-refractivity contribution is -0.114. The van der Waals surface area contributed by atoms with Crippen LogP contribution in [0.25, 0.3) is 11.2 Å². The number of carbonyl (C=O) groups excluding carboxylic acids is 1. The SMILES string of the molecule is CC(=O)Nc1ncnc2c1ncn2CC(C)OCO[P+](=O)O. The van der Waals surface area contributed by atoms with Gasteiger partial charge in [-0.2, -0.15) is 0 Å². The topological polar surface area (TPSA) is 128 Å². The molecule has 118 valence electrons. The first-order chi connectivity index (χ1) is 10.5. The highest BCUT2D eigenvalue weighted by atomic mass is 31.1. The van der Waals surface area contributed by atoms with E-state index >= 15 is 0 Å². The van der Waals surface area contributed by atoms with E-state index in [1.54, 1.807) is 17.8 Å². The van der Waals surface area contributed by atoms with Crippen molar-refractivity contribution in [1.29, 1.82) is 0 Å². The number of nitrogens with one attached hydrogen (secondary N) is 1. The molecule has 0 aliphatic heterocycles. The molecule has 2 N–H and O–H groups in total. The van der Waals surface area contributed by atoms with Gasteiger partial charge in [-0.1, -0.05) is 4.52 Å². The molecular formula is C11H15N5O5P+. The van der Waals surface area contributed by atoms with E-state index in [0.29, 0.717) is 23.5 Å². The molecule has 2 atom stereocenters. The van der Waals surface area contributed by atoms with Crippen LogP contribution in [0.2, 0.25) is 0 Å². The largest absolute Gasteiger partial charge is 0.697 e. The van der Waals surface area contributed by atoms with Gasteiger partial charge in [0.1, 0.15) is 6.33 Å². The van der Waals surface area contributed by atoms with Gasteiger partial charge in [0.05, 0.1) is 19.0 Å². The minimum atomic E-state index is -2.68. The normalized spacial score (nSPS) is 13.1. The zero-order chi connectivity index (χ0) is 16.1. The minimum Gasteiger partial charge on any atom is -0.346 e. The number of carbonyl (C=O) groups is 1. The van der Waals surface area contributed by atoms with E-state index in [2.05, 4.69) is 24.8 Å². The highest BCUT2D eigenvalue weighted by Gasteiger charge is 2.15. The number of hydrogen-bond donors (Lipinski definition) is 2. The molecule has 2 aromatic rings. The third kappa shape index (κ3) is 4.25. The van der Waals surface area contributed by atoms with Gasteiger partial charge in [0.2, 0.25) is 12.7 Å². The molecule has 0 aliphatic rings. The Balaban J connectivity index is 2.09. The molecule has 0 spiro atoms. The monoisotopic (exact) mass is 328 g/mol. The van der Waals surface area contributed by atoms with Crippen molar-refractivity contribution in [2.45, 2.75) is 26.5 Å². The van der Waals surface area contributed by atoms with Crippen LogP contribution < -0.4 is 5.32 Å². The van der Waals surface area contributed by atoms with Crippen LogP contribution in [-0.2, 0) is 25.2 Å². The molecule has 2 rings (SSSR count). The van der Waals surface area contributed by atoms with Gasteiger partial charge in [-0.15, -0.1) is 4.89 Å². The number of fused-ring (bicyclic) bond motifs is 1. The molecule has 2 aromatic heterocycles. The Labute approximate surface area is 126 Å². The van der Waals surface area contributed by atoms with Crippen LogP contribution >= 0.6 is 8.25 Å². The van der Waals surface area contributed by atoms with Crippen molar-refractivity contribution in [1.82, 2.24) is 19.5 Å². The zero-order valence-corrected chi connectivity index (χ0v) is 12.9. The number of ether oxygens (including phenoxy) is 1. The molecule has 2 heterocycles. The van der Waals surface area contributed by atoms with Crippen molar-refractivity contribution in [2.24, 2.45) is 0 Å². The number of amides is 1. The molecule has 0 saturated heterocycles. The number of imidazole rings is 1. The zero-order valence-electron chi connectivity index (χ0n) is 12.0. The summed E-state index contributed by atoms with van der Waals surface area (Å²) in [7, 11) is -2.68. The molecule has 0 aliphatic carbocycles. The molecule has 2 unspecified atom stereocenters. The maximum Gasteiger partial charge on any atom is 0.697 e. The summed E-state index contributed by atoms with van der Waals surface area (Å²) in [5.41, 5.74) is 1.02. The first-order valence-corrected chi connectivity index (χ1v) is 7.44. The van der Waals surface area contributed by atoms with E-state index in [1.807, 2.05) is 0 Å². The van der Waals surface area contributed by atoms with Gasteiger partial charge in [-0.05, 0) is 6.92 Å². The van der Waals surface area contributed by atoms with E-state index < -0.39 is 8.25 Å². The number of aromatic nitrogens is 4. The second kappa shape index (κ2) is 7.32. The fraction of sp³-hybridized carbons (Fsp3) is 0.455. The van der Waals surface area contributed by atoms with Crippen molar-refractivity contribution < 1.29 is 23.5 Å². The Kier molecular flexibility index (Phi) is 5.45. The Morgan fingerprint density at radius 2 is 2.27 bits per heavy atom. The first kappa shape index (κ1) is 16.4. The Morgan fingerprint density at radius 1 is 1.50 bits per heavy atom.